The van der Waals surface area contributed by atoms with E-state index in [2.05, 4.69) is 10.4 Å². The first-order chi connectivity index (χ1) is 12.0. The van der Waals surface area contributed by atoms with Crippen molar-refractivity contribution in [3.05, 3.63) is 47.3 Å². The van der Waals surface area contributed by atoms with Gasteiger partial charge in [0.1, 0.15) is 12.4 Å². The van der Waals surface area contributed by atoms with E-state index in [-0.39, 0.29) is 18.1 Å². The lowest BCUT2D eigenvalue weighted by Crippen LogP contribution is -2.26. The lowest BCUT2D eigenvalue weighted by Gasteiger charge is -2.14. The third-order valence-electron chi connectivity index (χ3n) is 4.66. The summed E-state index contributed by atoms with van der Waals surface area (Å²) in [6.45, 7) is 5.33. The molecule has 1 fully saturated rings. The largest absolute Gasteiger partial charge is 0.491 e. The van der Waals surface area contributed by atoms with Crippen molar-refractivity contribution >= 4 is 5.91 Å². The number of amides is 1. The molecule has 1 aromatic heterocycles. The second-order valence-electron chi connectivity index (χ2n) is 6.47. The first-order valence-electron chi connectivity index (χ1n) is 8.68. The molecule has 1 amide bonds. The molecule has 134 valence electrons. The van der Waals surface area contributed by atoms with Crippen LogP contribution in [0.3, 0.4) is 0 Å². The van der Waals surface area contributed by atoms with Crippen molar-refractivity contribution in [2.24, 2.45) is 7.05 Å². The van der Waals surface area contributed by atoms with Crippen LogP contribution in [0.15, 0.2) is 30.5 Å². The summed E-state index contributed by atoms with van der Waals surface area (Å²) in [7, 11) is 1.89. The van der Waals surface area contributed by atoms with Crippen LogP contribution < -0.4 is 10.1 Å². The van der Waals surface area contributed by atoms with Crippen molar-refractivity contribution in [2.75, 3.05) is 13.2 Å². The minimum Gasteiger partial charge on any atom is -0.491 e. The average Bonchev–Trinajstić information content (AvgIpc) is 3.24. The number of rotatable bonds is 6. The number of aromatic nitrogens is 2. The van der Waals surface area contributed by atoms with Gasteiger partial charge in [-0.05, 0) is 51.0 Å². The van der Waals surface area contributed by atoms with Gasteiger partial charge in [0.25, 0.3) is 5.91 Å². The highest BCUT2D eigenvalue weighted by Gasteiger charge is 2.17. The summed E-state index contributed by atoms with van der Waals surface area (Å²) in [5, 5.41) is 7.23. The van der Waals surface area contributed by atoms with Gasteiger partial charge in [0.2, 0.25) is 0 Å². The first kappa shape index (κ1) is 17.5. The Kier molecular flexibility index (Phi) is 5.38. The van der Waals surface area contributed by atoms with Crippen LogP contribution in [0.25, 0.3) is 0 Å². The van der Waals surface area contributed by atoms with Crippen LogP contribution in [-0.2, 0) is 11.8 Å². The van der Waals surface area contributed by atoms with Crippen molar-refractivity contribution in [3.63, 3.8) is 0 Å². The molecule has 25 heavy (non-hydrogen) atoms. The van der Waals surface area contributed by atoms with Crippen molar-refractivity contribution in [1.82, 2.24) is 15.1 Å². The van der Waals surface area contributed by atoms with Crippen LogP contribution in [0, 0.1) is 6.92 Å². The Balaban J connectivity index is 1.55. The summed E-state index contributed by atoms with van der Waals surface area (Å²) < 4.78 is 13.1. The molecule has 3 rings (SSSR count). The predicted octanol–water partition coefficient (Wildman–Crippen LogP) is 2.78. The van der Waals surface area contributed by atoms with E-state index in [1.807, 2.05) is 33.0 Å². The molecule has 2 heterocycles. The van der Waals surface area contributed by atoms with Gasteiger partial charge in [-0.2, -0.15) is 5.10 Å². The van der Waals surface area contributed by atoms with E-state index >= 15 is 0 Å². The number of ether oxygens (including phenoxy) is 2. The Hall–Kier alpha value is -2.34. The monoisotopic (exact) mass is 343 g/mol. The molecule has 0 saturated carbocycles. The molecule has 2 unspecified atom stereocenters. The second-order valence-corrected chi connectivity index (χ2v) is 6.47. The van der Waals surface area contributed by atoms with Crippen LogP contribution in [0.1, 0.15) is 47.4 Å². The minimum atomic E-state index is -0.110. The smallest absolute Gasteiger partial charge is 0.251 e. The zero-order valence-electron chi connectivity index (χ0n) is 15.0. The van der Waals surface area contributed by atoms with Crippen molar-refractivity contribution in [2.45, 2.75) is 38.8 Å². The van der Waals surface area contributed by atoms with Gasteiger partial charge in [-0.3, -0.25) is 9.48 Å². The molecule has 0 aliphatic carbocycles. The minimum absolute atomic E-state index is 0.100. The fourth-order valence-corrected chi connectivity index (χ4v) is 2.97. The Bertz CT molecular complexity index is 718. The van der Waals surface area contributed by atoms with Crippen LogP contribution in [0.5, 0.6) is 5.75 Å². The number of nitrogens with one attached hydrogen (secondary N) is 1. The topological polar surface area (TPSA) is 65.4 Å². The number of carbonyl (C=O) groups is 1. The van der Waals surface area contributed by atoms with Crippen molar-refractivity contribution in [3.8, 4) is 5.75 Å². The van der Waals surface area contributed by atoms with Crippen molar-refractivity contribution in [1.29, 1.82) is 0 Å². The third kappa shape index (κ3) is 4.20. The van der Waals surface area contributed by atoms with Gasteiger partial charge in [0, 0.05) is 30.5 Å². The summed E-state index contributed by atoms with van der Waals surface area (Å²) in [4.78, 5) is 12.4. The molecule has 1 N–H and O–H groups in total. The van der Waals surface area contributed by atoms with E-state index in [1.54, 1.807) is 23.0 Å². The normalized spacial score (nSPS) is 18.1. The predicted molar refractivity (Wildman–Crippen MR) is 94.7 cm³/mol. The zero-order chi connectivity index (χ0) is 17.8. The Labute approximate surface area is 148 Å². The molecule has 1 aliphatic rings. The molecule has 0 bridgehead atoms. The lowest BCUT2D eigenvalue weighted by atomic mass is 10.1. The Morgan fingerprint density at radius 1 is 1.44 bits per heavy atom. The number of carbonyl (C=O) groups excluding carboxylic acids is 1. The van der Waals surface area contributed by atoms with Gasteiger partial charge < -0.3 is 14.8 Å². The molecule has 6 nitrogen and oxygen atoms in total. The summed E-state index contributed by atoms with van der Waals surface area (Å²) in [6, 6.07) is 7.11. The summed E-state index contributed by atoms with van der Waals surface area (Å²) in [5.41, 5.74) is 2.68. The highest BCUT2D eigenvalue weighted by molar-refractivity contribution is 5.94. The van der Waals surface area contributed by atoms with E-state index in [0.29, 0.717) is 12.2 Å². The van der Waals surface area contributed by atoms with Crippen LogP contribution in [-0.4, -0.2) is 35.0 Å². The number of hydrogen-bond donors (Lipinski definition) is 1. The molecule has 1 aromatic carbocycles. The maximum absolute atomic E-state index is 12.4. The van der Waals surface area contributed by atoms with Gasteiger partial charge in [0.15, 0.2) is 0 Å². The molecule has 1 aliphatic heterocycles. The van der Waals surface area contributed by atoms with Gasteiger partial charge >= 0.3 is 0 Å². The molecule has 0 radical (unpaired) electrons. The fourth-order valence-electron chi connectivity index (χ4n) is 2.97. The molecule has 0 spiro atoms. The van der Waals surface area contributed by atoms with Crippen LogP contribution in [0.2, 0.25) is 0 Å². The maximum Gasteiger partial charge on any atom is 0.251 e. The highest BCUT2D eigenvalue weighted by atomic mass is 16.5. The molecule has 2 atom stereocenters. The van der Waals surface area contributed by atoms with Gasteiger partial charge in [-0.25, -0.2) is 0 Å². The van der Waals surface area contributed by atoms with Crippen LogP contribution >= 0.6 is 0 Å². The SMILES string of the molecule is Cc1c(C(C)NC(=O)c2ccc(OCC3CCCO3)cc2)cnn1C. The number of benzene rings is 1. The average molecular weight is 343 g/mol. The van der Waals surface area contributed by atoms with Crippen LogP contribution in [0.4, 0.5) is 0 Å². The van der Waals surface area contributed by atoms with E-state index in [9.17, 15) is 4.79 Å². The summed E-state index contributed by atoms with van der Waals surface area (Å²) >= 11 is 0. The fraction of sp³-hybridized carbons (Fsp3) is 0.474. The van der Waals surface area contributed by atoms with E-state index in [1.165, 1.54) is 0 Å². The number of aryl methyl sites for hydroxylation is 1. The lowest BCUT2D eigenvalue weighted by molar-refractivity contribution is 0.0679. The third-order valence-corrected chi connectivity index (χ3v) is 4.66. The maximum atomic E-state index is 12.4. The number of nitrogens with zero attached hydrogens (tertiary/aromatic N) is 2. The molecule has 2 aromatic rings. The van der Waals surface area contributed by atoms with Gasteiger partial charge in [-0.15, -0.1) is 0 Å². The van der Waals surface area contributed by atoms with E-state index in [4.69, 9.17) is 9.47 Å². The van der Waals surface area contributed by atoms with E-state index in [0.717, 1.165) is 36.5 Å². The van der Waals surface area contributed by atoms with Gasteiger partial charge in [0.05, 0.1) is 18.3 Å². The summed E-state index contributed by atoms with van der Waals surface area (Å²) in [5.74, 6) is 0.643. The standard InChI is InChI=1S/C19H25N3O3/c1-13(18-11-20-22(3)14(18)2)21-19(23)15-6-8-16(9-7-15)25-12-17-5-4-10-24-17/h6-9,11,13,17H,4-5,10,12H2,1-3H3,(H,21,23). The Morgan fingerprint density at radius 2 is 2.20 bits per heavy atom. The molecule has 1 saturated heterocycles. The Morgan fingerprint density at radius 3 is 2.80 bits per heavy atom. The van der Waals surface area contributed by atoms with Crippen molar-refractivity contribution < 1.29 is 14.3 Å². The molecular weight excluding hydrogens is 318 g/mol. The summed E-state index contributed by atoms with van der Waals surface area (Å²) in [6.07, 6.45) is 4.13. The quantitative estimate of drug-likeness (QED) is 0.876. The van der Waals surface area contributed by atoms with E-state index < -0.39 is 0 Å². The highest BCUT2D eigenvalue weighted by Crippen LogP contribution is 2.19. The van der Waals surface area contributed by atoms with Gasteiger partial charge in [-0.1, -0.05) is 0 Å². The first-order valence-corrected chi connectivity index (χ1v) is 8.68. The number of hydrogen-bond acceptors (Lipinski definition) is 4. The zero-order valence-corrected chi connectivity index (χ0v) is 15.0. The molecular formula is C19H25N3O3. The molecule has 6 heteroatoms. The second kappa shape index (κ2) is 7.70.